The van der Waals surface area contributed by atoms with E-state index in [9.17, 15) is 5.11 Å². The van der Waals surface area contributed by atoms with E-state index in [2.05, 4.69) is 4.98 Å². The molecule has 0 aliphatic carbocycles. The Labute approximate surface area is 122 Å². The highest BCUT2D eigenvalue weighted by molar-refractivity contribution is 5.78. The number of hydrogen-bond donors (Lipinski definition) is 2. The number of rotatable bonds is 4. The molecule has 0 radical (unpaired) electrons. The Morgan fingerprint density at radius 1 is 1.00 bits per heavy atom. The summed E-state index contributed by atoms with van der Waals surface area (Å²) in [7, 11) is 0. The highest BCUT2D eigenvalue weighted by Gasteiger charge is 2.03. The van der Waals surface area contributed by atoms with Gasteiger partial charge in [-0.1, -0.05) is 24.3 Å². The van der Waals surface area contributed by atoms with E-state index in [1.807, 2.05) is 36.4 Å². The van der Waals surface area contributed by atoms with Crippen LogP contribution in [-0.2, 0) is 13.2 Å². The van der Waals surface area contributed by atoms with E-state index in [4.69, 9.17) is 9.84 Å². The zero-order valence-electron chi connectivity index (χ0n) is 11.4. The minimum Gasteiger partial charge on any atom is -0.508 e. The van der Waals surface area contributed by atoms with Crippen LogP contribution in [0.4, 0.5) is 0 Å². The van der Waals surface area contributed by atoms with Gasteiger partial charge in [0.1, 0.15) is 18.1 Å². The van der Waals surface area contributed by atoms with Crippen molar-refractivity contribution in [2.75, 3.05) is 0 Å². The number of aliphatic hydroxyl groups excluding tert-OH is 1. The highest BCUT2D eigenvalue weighted by Crippen LogP contribution is 2.23. The molecule has 3 rings (SSSR count). The lowest BCUT2D eigenvalue weighted by molar-refractivity contribution is 0.276. The molecule has 0 unspecified atom stereocenters. The van der Waals surface area contributed by atoms with Gasteiger partial charge in [0, 0.05) is 11.5 Å². The molecule has 0 atom stereocenters. The van der Waals surface area contributed by atoms with E-state index in [1.54, 1.807) is 6.07 Å². The Morgan fingerprint density at radius 2 is 1.86 bits per heavy atom. The van der Waals surface area contributed by atoms with Crippen LogP contribution >= 0.6 is 0 Å². The van der Waals surface area contributed by atoms with Crippen LogP contribution in [-0.4, -0.2) is 15.2 Å². The van der Waals surface area contributed by atoms with Crippen LogP contribution in [0.2, 0.25) is 0 Å². The first-order chi connectivity index (χ1) is 10.2. The maximum atomic E-state index is 9.56. The summed E-state index contributed by atoms with van der Waals surface area (Å²) in [6.45, 7) is 0.165. The summed E-state index contributed by atoms with van der Waals surface area (Å²) < 4.78 is 5.63. The predicted octanol–water partition coefficient (Wildman–Crippen LogP) is 3.01. The minimum atomic E-state index is -0.140. The number of phenolic OH excluding ortho intramolecular Hbond substituents is 1. The van der Waals surface area contributed by atoms with Gasteiger partial charge in [-0.2, -0.15) is 0 Å². The third-order valence-electron chi connectivity index (χ3n) is 3.18. The van der Waals surface area contributed by atoms with Gasteiger partial charge in [0.25, 0.3) is 0 Å². The van der Waals surface area contributed by atoms with Gasteiger partial charge in [-0.15, -0.1) is 0 Å². The van der Waals surface area contributed by atoms with Crippen molar-refractivity contribution in [2.45, 2.75) is 13.2 Å². The molecule has 0 bridgehead atoms. The second-order valence-corrected chi connectivity index (χ2v) is 4.78. The SMILES string of the molecule is OCc1cc(O)cc(OCc2ccc3ccccc3n2)c1. The average molecular weight is 281 g/mol. The molecule has 0 aliphatic rings. The molecular weight excluding hydrogens is 266 g/mol. The largest absolute Gasteiger partial charge is 0.508 e. The number of para-hydroxylation sites is 1. The Bertz CT molecular complexity index is 771. The van der Waals surface area contributed by atoms with E-state index >= 15 is 0 Å². The fraction of sp³-hybridized carbons (Fsp3) is 0.118. The van der Waals surface area contributed by atoms with Crippen LogP contribution in [0, 0.1) is 0 Å². The monoisotopic (exact) mass is 281 g/mol. The summed E-state index contributed by atoms with van der Waals surface area (Å²) in [5.41, 5.74) is 2.34. The Morgan fingerprint density at radius 3 is 2.71 bits per heavy atom. The molecule has 106 valence electrons. The lowest BCUT2D eigenvalue weighted by Gasteiger charge is -2.08. The Balaban J connectivity index is 1.78. The highest BCUT2D eigenvalue weighted by atomic mass is 16.5. The first-order valence-corrected chi connectivity index (χ1v) is 6.66. The molecule has 3 aromatic rings. The normalized spacial score (nSPS) is 10.7. The van der Waals surface area contributed by atoms with Crippen molar-refractivity contribution >= 4 is 10.9 Å². The van der Waals surface area contributed by atoms with E-state index in [1.165, 1.54) is 12.1 Å². The molecular formula is C17H15NO3. The van der Waals surface area contributed by atoms with Gasteiger partial charge in [-0.05, 0) is 29.8 Å². The molecule has 0 fully saturated rings. The average Bonchev–Trinajstić information content (AvgIpc) is 2.52. The number of aromatic nitrogens is 1. The summed E-state index contributed by atoms with van der Waals surface area (Å²) in [6.07, 6.45) is 0. The van der Waals surface area contributed by atoms with Gasteiger partial charge < -0.3 is 14.9 Å². The van der Waals surface area contributed by atoms with E-state index in [0.717, 1.165) is 16.6 Å². The van der Waals surface area contributed by atoms with Crippen LogP contribution in [0.1, 0.15) is 11.3 Å². The quantitative estimate of drug-likeness (QED) is 0.771. The topological polar surface area (TPSA) is 62.6 Å². The van der Waals surface area contributed by atoms with Crippen molar-refractivity contribution in [3.05, 3.63) is 65.9 Å². The van der Waals surface area contributed by atoms with Crippen molar-refractivity contribution in [3.8, 4) is 11.5 Å². The number of pyridine rings is 1. The van der Waals surface area contributed by atoms with Gasteiger partial charge in [-0.25, -0.2) is 4.98 Å². The fourth-order valence-electron chi connectivity index (χ4n) is 2.16. The summed E-state index contributed by atoms with van der Waals surface area (Å²) in [5, 5.41) is 19.8. The maximum absolute atomic E-state index is 9.56. The van der Waals surface area contributed by atoms with Gasteiger partial charge in [0.15, 0.2) is 0 Å². The van der Waals surface area contributed by atoms with Crippen molar-refractivity contribution < 1.29 is 14.9 Å². The second-order valence-electron chi connectivity index (χ2n) is 4.78. The molecule has 2 N–H and O–H groups in total. The Hall–Kier alpha value is -2.59. The van der Waals surface area contributed by atoms with Gasteiger partial charge in [0.05, 0.1) is 17.8 Å². The molecule has 0 saturated carbocycles. The molecule has 0 aliphatic heterocycles. The summed E-state index contributed by atoms with van der Waals surface area (Å²) in [5.74, 6) is 0.581. The zero-order valence-corrected chi connectivity index (χ0v) is 11.4. The lowest BCUT2D eigenvalue weighted by Crippen LogP contribution is -1.99. The number of ether oxygens (including phenoxy) is 1. The number of aromatic hydroxyl groups is 1. The van der Waals surface area contributed by atoms with Gasteiger partial charge >= 0.3 is 0 Å². The number of fused-ring (bicyclic) bond motifs is 1. The molecule has 1 heterocycles. The molecule has 0 amide bonds. The van der Waals surface area contributed by atoms with Crippen LogP contribution in [0.25, 0.3) is 10.9 Å². The van der Waals surface area contributed by atoms with E-state index < -0.39 is 0 Å². The molecule has 21 heavy (non-hydrogen) atoms. The smallest absolute Gasteiger partial charge is 0.130 e. The predicted molar refractivity (Wildman–Crippen MR) is 80.1 cm³/mol. The van der Waals surface area contributed by atoms with Crippen molar-refractivity contribution in [1.29, 1.82) is 0 Å². The number of benzene rings is 2. The first kappa shape index (κ1) is 13.4. The van der Waals surface area contributed by atoms with Crippen LogP contribution in [0.5, 0.6) is 11.5 Å². The molecule has 1 aromatic heterocycles. The van der Waals surface area contributed by atoms with Crippen molar-refractivity contribution in [1.82, 2.24) is 4.98 Å². The summed E-state index contributed by atoms with van der Waals surface area (Å²) in [6, 6.07) is 16.5. The zero-order chi connectivity index (χ0) is 14.7. The number of nitrogens with zero attached hydrogens (tertiary/aromatic N) is 1. The Kier molecular flexibility index (Phi) is 3.71. The van der Waals surface area contributed by atoms with Gasteiger partial charge in [0.2, 0.25) is 0 Å². The molecule has 2 aromatic carbocycles. The third-order valence-corrected chi connectivity index (χ3v) is 3.18. The number of aliphatic hydroxyl groups is 1. The molecule has 4 nitrogen and oxygen atoms in total. The number of hydrogen-bond acceptors (Lipinski definition) is 4. The molecule has 0 spiro atoms. The van der Waals surface area contributed by atoms with E-state index in [-0.39, 0.29) is 12.4 Å². The van der Waals surface area contributed by atoms with Crippen LogP contribution < -0.4 is 4.74 Å². The van der Waals surface area contributed by atoms with Crippen LogP contribution in [0.15, 0.2) is 54.6 Å². The molecule has 0 saturated heterocycles. The van der Waals surface area contributed by atoms with Crippen LogP contribution in [0.3, 0.4) is 0 Å². The standard InChI is InChI=1S/C17H15NO3/c19-10-12-7-15(20)9-16(8-12)21-11-14-6-5-13-3-1-2-4-17(13)18-14/h1-9,19-20H,10-11H2. The summed E-state index contributed by atoms with van der Waals surface area (Å²) >= 11 is 0. The van der Waals surface area contributed by atoms with E-state index in [0.29, 0.717) is 17.9 Å². The summed E-state index contributed by atoms with van der Waals surface area (Å²) in [4.78, 5) is 4.52. The lowest BCUT2D eigenvalue weighted by atomic mass is 10.2. The number of phenols is 1. The molecule has 4 heteroatoms. The first-order valence-electron chi connectivity index (χ1n) is 6.66. The van der Waals surface area contributed by atoms with Crippen molar-refractivity contribution in [2.24, 2.45) is 0 Å². The second kappa shape index (κ2) is 5.81. The van der Waals surface area contributed by atoms with Gasteiger partial charge in [-0.3, -0.25) is 0 Å². The third kappa shape index (κ3) is 3.12. The maximum Gasteiger partial charge on any atom is 0.130 e. The fourth-order valence-corrected chi connectivity index (χ4v) is 2.16. The van der Waals surface area contributed by atoms with Crippen molar-refractivity contribution in [3.63, 3.8) is 0 Å². The minimum absolute atomic E-state index is 0.0722.